The average Bonchev–Trinajstić information content (AvgIpc) is 2.65. The first-order chi connectivity index (χ1) is 12.6. The number of rotatable bonds is 10. The summed E-state index contributed by atoms with van der Waals surface area (Å²) in [6.45, 7) is 8.48. The molecule has 2 rings (SSSR count). The summed E-state index contributed by atoms with van der Waals surface area (Å²) < 4.78 is 16.5. The molecule has 5 nitrogen and oxygen atoms in total. The maximum atomic E-state index is 12.4. The minimum absolute atomic E-state index is 0.176. The molecule has 0 spiro atoms. The molecule has 0 aliphatic carbocycles. The van der Waals surface area contributed by atoms with Crippen molar-refractivity contribution in [3.63, 3.8) is 0 Å². The van der Waals surface area contributed by atoms with Gasteiger partial charge in [-0.3, -0.25) is 4.79 Å². The monoisotopic (exact) mass is 357 g/mol. The molecule has 0 bridgehead atoms. The number of nitrogens with one attached hydrogen (secondary N) is 1. The van der Waals surface area contributed by atoms with Crippen molar-refractivity contribution in [1.82, 2.24) is 0 Å². The second kappa shape index (κ2) is 10.5. The van der Waals surface area contributed by atoms with E-state index in [9.17, 15) is 4.79 Å². The van der Waals surface area contributed by atoms with Crippen molar-refractivity contribution >= 4 is 11.6 Å². The number of anilines is 1. The maximum absolute atomic E-state index is 12.4. The second-order valence-electron chi connectivity index (χ2n) is 6.26. The summed E-state index contributed by atoms with van der Waals surface area (Å²) in [5.41, 5.74) is 1.27. The van der Waals surface area contributed by atoms with Gasteiger partial charge in [-0.1, -0.05) is 19.9 Å². The summed E-state index contributed by atoms with van der Waals surface area (Å²) in [4.78, 5) is 12.4. The van der Waals surface area contributed by atoms with E-state index in [1.807, 2.05) is 43.3 Å². The number of hydrogen-bond donors (Lipinski definition) is 1. The summed E-state index contributed by atoms with van der Waals surface area (Å²) in [6.07, 6.45) is 0. The van der Waals surface area contributed by atoms with E-state index in [-0.39, 0.29) is 5.91 Å². The zero-order valence-corrected chi connectivity index (χ0v) is 15.7. The Hall–Kier alpha value is -2.53. The highest BCUT2D eigenvalue weighted by Gasteiger charge is 2.08. The van der Waals surface area contributed by atoms with Crippen LogP contribution in [-0.4, -0.2) is 32.3 Å². The van der Waals surface area contributed by atoms with E-state index in [1.54, 1.807) is 12.1 Å². The summed E-state index contributed by atoms with van der Waals surface area (Å²) in [6, 6.07) is 14.5. The van der Waals surface area contributed by atoms with Gasteiger partial charge in [0.05, 0.1) is 13.2 Å². The molecule has 5 heteroatoms. The standard InChI is InChI=1S/C21H27NO4/c1-4-24-12-13-25-19-10-8-18(9-11-19)22-21(23)17-6-5-7-20(14-17)26-15-16(2)3/h5-11,14,16H,4,12-13,15H2,1-3H3,(H,22,23). The topological polar surface area (TPSA) is 56.8 Å². The molecule has 26 heavy (non-hydrogen) atoms. The summed E-state index contributed by atoms with van der Waals surface area (Å²) in [5.74, 6) is 1.70. The van der Waals surface area contributed by atoms with E-state index in [1.165, 1.54) is 0 Å². The lowest BCUT2D eigenvalue weighted by molar-refractivity contribution is 0.102. The van der Waals surface area contributed by atoms with Gasteiger partial charge in [-0.2, -0.15) is 0 Å². The zero-order chi connectivity index (χ0) is 18.8. The first-order valence-corrected chi connectivity index (χ1v) is 8.93. The Morgan fingerprint density at radius 2 is 1.77 bits per heavy atom. The summed E-state index contributed by atoms with van der Waals surface area (Å²) in [5, 5.41) is 2.88. The minimum atomic E-state index is -0.176. The normalized spacial score (nSPS) is 10.6. The van der Waals surface area contributed by atoms with Gasteiger partial charge in [-0.15, -0.1) is 0 Å². The van der Waals surface area contributed by atoms with Crippen molar-refractivity contribution in [3.05, 3.63) is 54.1 Å². The third-order valence-electron chi connectivity index (χ3n) is 3.49. The van der Waals surface area contributed by atoms with Crippen molar-refractivity contribution in [2.24, 2.45) is 5.92 Å². The van der Waals surface area contributed by atoms with Crippen molar-refractivity contribution < 1.29 is 19.0 Å². The molecule has 0 aliphatic heterocycles. The van der Waals surface area contributed by atoms with Gasteiger partial charge in [0, 0.05) is 17.9 Å². The van der Waals surface area contributed by atoms with Crippen molar-refractivity contribution in [3.8, 4) is 11.5 Å². The molecule has 0 fully saturated rings. The first-order valence-electron chi connectivity index (χ1n) is 8.93. The van der Waals surface area contributed by atoms with Crippen LogP contribution in [0.3, 0.4) is 0 Å². The summed E-state index contributed by atoms with van der Waals surface area (Å²) >= 11 is 0. The Bertz CT molecular complexity index is 683. The Morgan fingerprint density at radius 3 is 2.46 bits per heavy atom. The molecule has 2 aromatic carbocycles. The lowest BCUT2D eigenvalue weighted by Crippen LogP contribution is -2.12. The first kappa shape index (κ1) is 19.8. The smallest absolute Gasteiger partial charge is 0.255 e. The number of benzene rings is 2. The molecule has 1 amide bonds. The highest BCUT2D eigenvalue weighted by atomic mass is 16.5. The largest absolute Gasteiger partial charge is 0.493 e. The van der Waals surface area contributed by atoms with Crippen LogP contribution in [-0.2, 0) is 4.74 Å². The number of amides is 1. The fourth-order valence-electron chi connectivity index (χ4n) is 2.19. The van der Waals surface area contributed by atoms with Gasteiger partial charge in [0.2, 0.25) is 0 Å². The van der Waals surface area contributed by atoms with Crippen LogP contribution in [0.1, 0.15) is 31.1 Å². The number of carbonyl (C=O) groups is 1. The van der Waals surface area contributed by atoms with Crippen LogP contribution in [0.5, 0.6) is 11.5 Å². The van der Waals surface area contributed by atoms with Crippen LogP contribution in [0.2, 0.25) is 0 Å². The Labute approximate surface area is 155 Å². The molecule has 140 valence electrons. The minimum Gasteiger partial charge on any atom is -0.493 e. The van der Waals surface area contributed by atoms with Gasteiger partial charge < -0.3 is 19.5 Å². The van der Waals surface area contributed by atoms with Crippen LogP contribution < -0.4 is 14.8 Å². The number of ether oxygens (including phenoxy) is 3. The predicted molar refractivity (Wildman–Crippen MR) is 103 cm³/mol. The third kappa shape index (κ3) is 6.76. The lowest BCUT2D eigenvalue weighted by Gasteiger charge is -2.11. The molecular weight excluding hydrogens is 330 g/mol. The zero-order valence-electron chi connectivity index (χ0n) is 15.7. The fraction of sp³-hybridized carbons (Fsp3) is 0.381. The quantitative estimate of drug-likeness (QED) is 0.641. The number of carbonyl (C=O) groups excluding carboxylic acids is 1. The molecule has 2 aromatic rings. The van der Waals surface area contributed by atoms with Gasteiger partial charge in [-0.05, 0) is 55.3 Å². The van der Waals surface area contributed by atoms with Crippen LogP contribution in [0, 0.1) is 5.92 Å². The van der Waals surface area contributed by atoms with E-state index in [4.69, 9.17) is 14.2 Å². The van der Waals surface area contributed by atoms with Crippen molar-refractivity contribution in [2.45, 2.75) is 20.8 Å². The molecule has 0 radical (unpaired) electrons. The molecule has 1 N–H and O–H groups in total. The van der Waals surface area contributed by atoms with Gasteiger partial charge in [0.1, 0.15) is 18.1 Å². The third-order valence-corrected chi connectivity index (χ3v) is 3.49. The Kier molecular flexibility index (Phi) is 7.96. The van der Waals surface area contributed by atoms with E-state index >= 15 is 0 Å². The highest BCUT2D eigenvalue weighted by Crippen LogP contribution is 2.18. The van der Waals surface area contributed by atoms with Crippen LogP contribution in [0.4, 0.5) is 5.69 Å². The fourth-order valence-corrected chi connectivity index (χ4v) is 2.19. The van der Waals surface area contributed by atoms with E-state index < -0.39 is 0 Å². The lowest BCUT2D eigenvalue weighted by atomic mass is 10.2. The molecule has 0 aliphatic rings. The van der Waals surface area contributed by atoms with E-state index in [0.29, 0.717) is 49.3 Å². The molecular formula is C21H27NO4. The molecule has 0 unspecified atom stereocenters. The maximum Gasteiger partial charge on any atom is 0.255 e. The second-order valence-corrected chi connectivity index (χ2v) is 6.26. The molecule has 0 saturated heterocycles. The Morgan fingerprint density at radius 1 is 1.00 bits per heavy atom. The van der Waals surface area contributed by atoms with Crippen LogP contribution in [0.15, 0.2) is 48.5 Å². The van der Waals surface area contributed by atoms with Crippen molar-refractivity contribution in [1.29, 1.82) is 0 Å². The molecule has 0 saturated carbocycles. The molecule has 0 aromatic heterocycles. The average molecular weight is 357 g/mol. The predicted octanol–water partition coefficient (Wildman–Crippen LogP) is 4.39. The number of hydrogen-bond acceptors (Lipinski definition) is 4. The van der Waals surface area contributed by atoms with Crippen LogP contribution in [0.25, 0.3) is 0 Å². The molecule has 0 atom stereocenters. The Balaban J connectivity index is 1.89. The van der Waals surface area contributed by atoms with Gasteiger partial charge >= 0.3 is 0 Å². The summed E-state index contributed by atoms with van der Waals surface area (Å²) in [7, 11) is 0. The molecule has 0 heterocycles. The highest BCUT2D eigenvalue weighted by molar-refractivity contribution is 6.04. The van der Waals surface area contributed by atoms with Gasteiger partial charge in [-0.25, -0.2) is 0 Å². The van der Waals surface area contributed by atoms with E-state index in [0.717, 1.165) is 5.75 Å². The van der Waals surface area contributed by atoms with Gasteiger partial charge in [0.25, 0.3) is 5.91 Å². The van der Waals surface area contributed by atoms with Crippen LogP contribution >= 0.6 is 0 Å². The SMILES string of the molecule is CCOCCOc1ccc(NC(=O)c2cccc(OCC(C)C)c2)cc1. The van der Waals surface area contributed by atoms with Crippen molar-refractivity contribution in [2.75, 3.05) is 31.7 Å². The van der Waals surface area contributed by atoms with Gasteiger partial charge in [0.15, 0.2) is 0 Å². The van der Waals surface area contributed by atoms with E-state index in [2.05, 4.69) is 19.2 Å².